The maximum absolute atomic E-state index is 12.4. The smallest absolute Gasteiger partial charge is 0.316 e. The van der Waals surface area contributed by atoms with E-state index >= 15 is 0 Å². The van der Waals surface area contributed by atoms with E-state index in [9.17, 15) is 28.1 Å². The summed E-state index contributed by atoms with van der Waals surface area (Å²) in [5.41, 5.74) is -1.32. The van der Waals surface area contributed by atoms with Crippen LogP contribution in [0.5, 0.6) is 0 Å². The number of fused-ring (bicyclic) bond motifs is 1. The van der Waals surface area contributed by atoms with Gasteiger partial charge in [0.05, 0.1) is 22.3 Å². The molecule has 30 heavy (non-hydrogen) atoms. The van der Waals surface area contributed by atoms with Crippen LogP contribution in [0.3, 0.4) is 0 Å². The fourth-order valence-corrected chi connectivity index (χ4v) is 3.95. The molecule has 3 aromatic rings. The Labute approximate surface area is 168 Å². The summed E-state index contributed by atoms with van der Waals surface area (Å²) in [4.78, 5) is 41.6. The van der Waals surface area contributed by atoms with Crippen molar-refractivity contribution < 1.29 is 21.7 Å². The van der Waals surface area contributed by atoms with E-state index in [0.29, 0.717) is 24.8 Å². The number of nitrogens with zero attached hydrogens (tertiary/aromatic N) is 4. The zero-order valence-electron chi connectivity index (χ0n) is 15.3. The minimum atomic E-state index is -3.86. The molecule has 1 saturated heterocycles. The van der Waals surface area contributed by atoms with Crippen molar-refractivity contribution in [3.05, 3.63) is 61.7 Å². The van der Waals surface area contributed by atoms with Crippen molar-refractivity contribution in [1.82, 2.24) is 19.1 Å². The zero-order chi connectivity index (χ0) is 21.5. The van der Waals surface area contributed by atoms with E-state index in [0.717, 1.165) is 0 Å². The molecule has 1 aromatic carbocycles. The summed E-state index contributed by atoms with van der Waals surface area (Å²) >= 11 is 0. The van der Waals surface area contributed by atoms with Gasteiger partial charge >= 0.3 is 21.5 Å². The fraction of sp³-hybridized carbons (Fsp3) is 0.312. The van der Waals surface area contributed by atoms with Gasteiger partial charge in [-0.2, -0.15) is 8.42 Å². The quantitative estimate of drug-likeness (QED) is 0.240. The number of aromatic amines is 1. The number of aryl methyl sites for hydroxylation is 1. The summed E-state index contributed by atoms with van der Waals surface area (Å²) in [7, 11) is -3.86. The van der Waals surface area contributed by atoms with Gasteiger partial charge in [0.15, 0.2) is 6.29 Å². The Hall–Kier alpha value is -3.36. The monoisotopic (exact) mass is 437 g/mol. The van der Waals surface area contributed by atoms with E-state index in [-0.39, 0.29) is 23.4 Å². The van der Waals surface area contributed by atoms with Gasteiger partial charge in [0.25, 0.3) is 5.69 Å². The highest BCUT2D eigenvalue weighted by atomic mass is 32.3. The van der Waals surface area contributed by atoms with Crippen molar-refractivity contribution in [2.45, 2.75) is 32.1 Å². The molecule has 1 aliphatic rings. The average Bonchev–Trinajstić information content (AvgIpc) is 3.19. The van der Waals surface area contributed by atoms with Gasteiger partial charge in [-0.1, -0.05) is 0 Å². The third-order valence-electron chi connectivity index (χ3n) is 4.57. The Kier molecular flexibility index (Phi) is 4.97. The van der Waals surface area contributed by atoms with E-state index in [1.807, 2.05) is 0 Å². The lowest BCUT2D eigenvalue weighted by Crippen LogP contribution is -2.37. The van der Waals surface area contributed by atoms with Gasteiger partial charge in [-0.15, -0.1) is 0 Å². The molecule has 3 heterocycles. The molecule has 0 bridgehead atoms. The molecule has 0 spiro atoms. The predicted molar refractivity (Wildman–Crippen MR) is 101 cm³/mol. The van der Waals surface area contributed by atoms with E-state index in [2.05, 4.69) is 18.3 Å². The first-order valence-electron chi connectivity index (χ1n) is 8.80. The Morgan fingerprint density at radius 2 is 2.00 bits per heavy atom. The molecule has 0 saturated carbocycles. The van der Waals surface area contributed by atoms with Gasteiger partial charge in [-0.3, -0.25) is 19.7 Å². The minimum absolute atomic E-state index is 0.139. The summed E-state index contributed by atoms with van der Waals surface area (Å²) in [5, 5.41) is 11.5. The van der Waals surface area contributed by atoms with Crippen LogP contribution in [0, 0.1) is 10.1 Å². The summed E-state index contributed by atoms with van der Waals surface area (Å²) in [6.07, 6.45) is 4.68. The highest BCUT2D eigenvalue weighted by Crippen LogP contribution is 2.27. The maximum atomic E-state index is 12.4. The standard InChI is InChI=1S/C16H15N5O8S/c22-15-16(23)20(5-2-1-3-14-28-30(26,27)29-14)11-8-12(19-6-4-17-9-19)13(21(24)25)7-10(11)18-15/h4,6-9,14H,1-3,5H2,(H,18,22). The second-order valence-electron chi connectivity index (χ2n) is 6.52. The Morgan fingerprint density at radius 1 is 1.23 bits per heavy atom. The molecule has 1 aliphatic heterocycles. The Bertz CT molecular complexity index is 1330. The highest BCUT2D eigenvalue weighted by molar-refractivity contribution is 7.82. The number of rotatable bonds is 7. The predicted octanol–water partition coefficient (Wildman–Crippen LogP) is 0.572. The topological polar surface area (TPSA) is 168 Å². The lowest BCUT2D eigenvalue weighted by Gasteiger charge is -2.24. The third kappa shape index (κ3) is 3.74. The number of nitro groups is 1. The van der Waals surface area contributed by atoms with Crippen LogP contribution in [0.1, 0.15) is 19.3 Å². The zero-order valence-corrected chi connectivity index (χ0v) is 16.1. The van der Waals surface area contributed by atoms with Crippen molar-refractivity contribution in [2.75, 3.05) is 0 Å². The van der Waals surface area contributed by atoms with Crippen LogP contribution in [0.25, 0.3) is 16.7 Å². The van der Waals surface area contributed by atoms with E-state index in [1.54, 1.807) is 0 Å². The molecule has 0 radical (unpaired) electrons. The first-order chi connectivity index (χ1) is 14.2. The van der Waals surface area contributed by atoms with Crippen LogP contribution in [0.2, 0.25) is 0 Å². The lowest BCUT2D eigenvalue weighted by molar-refractivity contribution is -0.384. The van der Waals surface area contributed by atoms with Crippen LogP contribution in [-0.4, -0.2) is 38.7 Å². The second-order valence-corrected chi connectivity index (χ2v) is 7.72. The maximum Gasteiger partial charge on any atom is 0.404 e. The van der Waals surface area contributed by atoms with Crippen molar-refractivity contribution in [3.63, 3.8) is 0 Å². The lowest BCUT2D eigenvalue weighted by atomic mass is 10.2. The summed E-state index contributed by atoms with van der Waals surface area (Å²) < 4.78 is 33.3. The number of H-pyrrole nitrogens is 1. The van der Waals surface area contributed by atoms with E-state index < -0.39 is 32.7 Å². The fourth-order valence-electron chi connectivity index (χ4n) is 3.22. The van der Waals surface area contributed by atoms with Crippen LogP contribution < -0.4 is 11.1 Å². The molecular formula is C16H15N5O8S. The second kappa shape index (κ2) is 7.47. The van der Waals surface area contributed by atoms with Crippen molar-refractivity contribution >= 4 is 27.1 Å². The average molecular weight is 437 g/mol. The highest BCUT2D eigenvalue weighted by Gasteiger charge is 2.35. The largest absolute Gasteiger partial charge is 0.404 e. The summed E-state index contributed by atoms with van der Waals surface area (Å²) in [6.45, 7) is 0.139. The molecular weight excluding hydrogens is 422 g/mol. The number of nitro benzene ring substituents is 1. The van der Waals surface area contributed by atoms with Crippen molar-refractivity contribution in [1.29, 1.82) is 0 Å². The van der Waals surface area contributed by atoms with Crippen molar-refractivity contribution in [2.24, 2.45) is 0 Å². The molecule has 4 rings (SSSR count). The molecule has 0 atom stereocenters. The molecule has 158 valence electrons. The first-order valence-corrected chi connectivity index (χ1v) is 10.1. The molecule has 13 nitrogen and oxygen atoms in total. The Morgan fingerprint density at radius 3 is 2.63 bits per heavy atom. The molecule has 14 heteroatoms. The van der Waals surface area contributed by atoms with Gasteiger partial charge < -0.3 is 14.1 Å². The van der Waals surface area contributed by atoms with Crippen LogP contribution >= 0.6 is 0 Å². The van der Waals surface area contributed by atoms with Crippen molar-refractivity contribution in [3.8, 4) is 5.69 Å². The van der Waals surface area contributed by atoms with Gasteiger partial charge in [0.2, 0.25) is 0 Å². The minimum Gasteiger partial charge on any atom is -0.316 e. The van der Waals surface area contributed by atoms with E-state index in [4.69, 9.17) is 0 Å². The van der Waals surface area contributed by atoms with Gasteiger partial charge in [-0.25, -0.2) is 13.4 Å². The third-order valence-corrected chi connectivity index (χ3v) is 5.47. The number of benzene rings is 1. The van der Waals surface area contributed by atoms with Gasteiger partial charge in [0, 0.05) is 31.4 Å². The summed E-state index contributed by atoms with van der Waals surface area (Å²) in [6, 6.07) is 2.64. The number of unbranched alkanes of at least 4 members (excludes halogenated alkanes) is 1. The number of aromatic nitrogens is 4. The van der Waals surface area contributed by atoms with Gasteiger partial charge in [0.1, 0.15) is 5.69 Å². The SMILES string of the molecule is O=c1[nH]c2cc([N+](=O)[O-])c(-n3ccnc3)cc2n(CCCCC2OS(=O)(=O)O2)c1=O. The molecule has 1 fully saturated rings. The number of nitrogens with one attached hydrogen (secondary N) is 1. The van der Waals surface area contributed by atoms with Crippen LogP contribution in [-0.2, 0) is 25.3 Å². The molecule has 1 N–H and O–H groups in total. The van der Waals surface area contributed by atoms with Gasteiger partial charge in [-0.05, 0) is 18.9 Å². The first kappa shape index (κ1) is 19.9. The molecule has 0 amide bonds. The van der Waals surface area contributed by atoms with Crippen LogP contribution in [0.4, 0.5) is 5.69 Å². The molecule has 0 unspecified atom stereocenters. The molecule has 2 aromatic heterocycles. The number of hydrogen-bond donors (Lipinski definition) is 1. The normalized spacial score (nSPS) is 15.9. The number of hydrogen-bond acceptors (Lipinski definition) is 9. The molecule has 0 aliphatic carbocycles. The number of imidazole rings is 1. The summed E-state index contributed by atoms with van der Waals surface area (Å²) in [5.74, 6) is 0. The van der Waals surface area contributed by atoms with Crippen LogP contribution in [0.15, 0.2) is 40.4 Å². The van der Waals surface area contributed by atoms with E-state index in [1.165, 1.54) is 40.0 Å². The Balaban J connectivity index is 1.67.